The maximum absolute atomic E-state index is 12.6. The zero-order valence-corrected chi connectivity index (χ0v) is 15.4. The minimum absolute atomic E-state index is 0.00455. The first-order valence-electron chi connectivity index (χ1n) is 8.33. The molecule has 0 fully saturated rings. The normalized spacial score (nSPS) is 12.0. The number of H-pyrrole nitrogens is 1. The van der Waals surface area contributed by atoms with Crippen molar-refractivity contribution < 1.29 is 27.8 Å². The van der Waals surface area contributed by atoms with Crippen LogP contribution in [0.15, 0.2) is 36.9 Å². The molecule has 0 amide bonds. The Morgan fingerprint density at radius 1 is 1.03 bits per heavy atom. The summed E-state index contributed by atoms with van der Waals surface area (Å²) < 4.78 is 43.3. The first-order chi connectivity index (χ1) is 13.6. The van der Waals surface area contributed by atoms with Crippen LogP contribution in [0, 0.1) is 5.41 Å². The highest BCUT2D eigenvalue weighted by atomic mass is 19.4. The van der Waals surface area contributed by atoms with Crippen molar-refractivity contribution >= 4 is 5.97 Å². The number of hydrogen-bond acceptors (Lipinski definition) is 6. The lowest BCUT2D eigenvalue weighted by molar-refractivity contribution is -0.148. The highest BCUT2D eigenvalue weighted by Gasteiger charge is 2.33. The summed E-state index contributed by atoms with van der Waals surface area (Å²) in [6, 6.07) is 3.20. The Labute approximate surface area is 162 Å². The average Bonchev–Trinajstić information content (AvgIpc) is 3.18. The molecular weight excluding hydrogens is 391 g/mol. The minimum atomic E-state index is -4.51. The molecule has 8 nitrogen and oxygen atoms in total. The van der Waals surface area contributed by atoms with Gasteiger partial charge in [0.1, 0.15) is 18.0 Å². The van der Waals surface area contributed by atoms with Gasteiger partial charge in [0.2, 0.25) is 0 Å². The van der Waals surface area contributed by atoms with Crippen LogP contribution in [0.3, 0.4) is 0 Å². The van der Waals surface area contributed by atoms with E-state index in [1.807, 2.05) is 0 Å². The van der Waals surface area contributed by atoms with E-state index in [1.165, 1.54) is 38.5 Å². The average molecular weight is 407 g/mol. The molecule has 3 aromatic heterocycles. The third-order valence-electron chi connectivity index (χ3n) is 3.99. The highest BCUT2D eigenvalue weighted by Crippen LogP contribution is 2.29. The van der Waals surface area contributed by atoms with Crippen molar-refractivity contribution in [3.63, 3.8) is 0 Å². The number of nitrogens with zero attached hydrogens (tertiary/aromatic N) is 4. The Kier molecular flexibility index (Phi) is 5.23. The maximum Gasteiger partial charge on any atom is 0.432 e. The SMILES string of the molecule is CC(C)(COc1ncc(-c2ccc(-c3ncc(C(F)(F)F)[nH]3)nc2)cn1)C(=O)O. The number of imidazole rings is 1. The van der Waals surface area contributed by atoms with Gasteiger partial charge in [-0.3, -0.25) is 9.78 Å². The van der Waals surface area contributed by atoms with Crippen LogP contribution in [-0.2, 0) is 11.0 Å². The number of carboxylic acids is 1. The molecule has 0 unspecified atom stereocenters. The molecule has 3 rings (SSSR count). The zero-order valence-electron chi connectivity index (χ0n) is 15.4. The number of nitrogens with one attached hydrogen (secondary N) is 1. The quantitative estimate of drug-likeness (QED) is 0.643. The number of ether oxygens (including phenoxy) is 1. The second-order valence-electron chi connectivity index (χ2n) is 6.81. The van der Waals surface area contributed by atoms with Crippen LogP contribution >= 0.6 is 0 Å². The minimum Gasteiger partial charge on any atom is -0.481 e. The lowest BCUT2D eigenvalue weighted by Gasteiger charge is -2.18. The van der Waals surface area contributed by atoms with E-state index < -0.39 is 23.3 Å². The summed E-state index contributed by atoms with van der Waals surface area (Å²) in [6.45, 7) is 2.95. The van der Waals surface area contributed by atoms with Gasteiger partial charge in [0.15, 0.2) is 5.82 Å². The van der Waals surface area contributed by atoms with Gasteiger partial charge < -0.3 is 14.8 Å². The molecule has 3 heterocycles. The number of aromatic nitrogens is 5. The van der Waals surface area contributed by atoms with Crippen molar-refractivity contribution in [2.75, 3.05) is 6.61 Å². The zero-order chi connectivity index (χ0) is 21.2. The molecule has 0 aromatic carbocycles. The molecule has 29 heavy (non-hydrogen) atoms. The number of carboxylic acid groups (broad SMARTS) is 1. The van der Waals surface area contributed by atoms with Crippen LogP contribution in [0.25, 0.3) is 22.6 Å². The van der Waals surface area contributed by atoms with Gasteiger partial charge in [-0.05, 0) is 19.9 Å². The van der Waals surface area contributed by atoms with Gasteiger partial charge in [0, 0.05) is 29.7 Å². The van der Waals surface area contributed by atoms with E-state index in [0.29, 0.717) is 17.3 Å². The fourth-order valence-corrected chi connectivity index (χ4v) is 2.15. The molecule has 2 N–H and O–H groups in total. The third-order valence-corrected chi connectivity index (χ3v) is 3.99. The summed E-state index contributed by atoms with van der Waals surface area (Å²) >= 11 is 0. The van der Waals surface area contributed by atoms with Gasteiger partial charge >= 0.3 is 18.2 Å². The first-order valence-corrected chi connectivity index (χ1v) is 8.33. The molecule has 0 aliphatic carbocycles. The van der Waals surface area contributed by atoms with Crippen molar-refractivity contribution in [3.05, 3.63) is 42.6 Å². The Bertz CT molecular complexity index is 999. The number of aliphatic carboxylic acids is 1. The van der Waals surface area contributed by atoms with Crippen LogP contribution in [0.2, 0.25) is 0 Å². The standard InChI is InChI=1S/C18H16F3N5O3/c1-17(2,15(27)28)9-29-16-24-6-11(7-25-16)10-3-4-12(22-5-10)14-23-8-13(26-14)18(19,20)21/h3-8H,9H2,1-2H3,(H,23,26)(H,27,28). The summed E-state index contributed by atoms with van der Waals surface area (Å²) in [6.07, 6.45) is 0.607. The number of carbonyl (C=O) groups is 1. The van der Waals surface area contributed by atoms with E-state index in [2.05, 4.69) is 24.9 Å². The van der Waals surface area contributed by atoms with Crippen molar-refractivity contribution in [1.82, 2.24) is 24.9 Å². The maximum atomic E-state index is 12.6. The summed E-state index contributed by atoms with van der Waals surface area (Å²) in [7, 11) is 0. The van der Waals surface area contributed by atoms with Crippen molar-refractivity contribution in [2.24, 2.45) is 5.41 Å². The van der Waals surface area contributed by atoms with Gasteiger partial charge in [0.05, 0.1) is 11.6 Å². The molecule has 152 valence electrons. The Hall–Kier alpha value is -3.50. The van der Waals surface area contributed by atoms with E-state index >= 15 is 0 Å². The molecule has 0 aliphatic rings. The van der Waals surface area contributed by atoms with E-state index in [4.69, 9.17) is 9.84 Å². The summed E-state index contributed by atoms with van der Waals surface area (Å²) in [5.74, 6) is -0.996. The van der Waals surface area contributed by atoms with Crippen LogP contribution in [0.4, 0.5) is 13.2 Å². The second-order valence-corrected chi connectivity index (χ2v) is 6.81. The number of rotatable bonds is 6. The van der Waals surface area contributed by atoms with E-state index in [-0.39, 0.29) is 24.1 Å². The van der Waals surface area contributed by atoms with Crippen LogP contribution < -0.4 is 4.74 Å². The number of aromatic amines is 1. The van der Waals surface area contributed by atoms with Crippen LogP contribution in [0.1, 0.15) is 19.5 Å². The highest BCUT2D eigenvalue weighted by molar-refractivity contribution is 5.73. The number of alkyl halides is 3. The summed E-state index contributed by atoms with van der Waals surface area (Å²) in [4.78, 5) is 29.1. The molecular formula is C18H16F3N5O3. The lowest BCUT2D eigenvalue weighted by atomic mass is 9.95. The van der Waals surface area contributed by atoms with Gasteiger partial charge in [-0.15, -0.1) is 0 Å². The third kappa shape index (κ3) is 4.68. The van der Waals surface area contributed by atoms with Crippen molar-refractivity contribution in [1.29, 1.82) is 0 Å². The van der Waals surface area contributed by atoms with Crippen LogP contribution in [-0.4, -0.2) is 42.6 Å². The monoisotopic (exact) mass is 407 g/mol. The molecule has 11 heteroatoms. The smallest absolute Gasteiger partial charge is 0.432 e. The molecule has 0 saturated carbocycles. The van der Waals surface area contributed by atoms with E-state index in [9.17, 15) is 18.0 Å². The molecule has 0 spiro atoms. The molecule has 0 bridgehead atoms. The first kappa shape index (κ1) is 20.2. The number of pyridine rings is 1. The Balaban J connectivity index is 1.70. The Morgan fingerprint density at radius 3 is 2.21 bits per heavy atom. The predicted molar refractivity (Wildman–Crippen MR) is 94.8 cm³/mol. The molecule has 0 aliphatic heterocycles. The fourth-order valence-electron chi connectivity index (χ4n) is 2.15. The van der Waals surface area contributed by atoms with Crippen LogP contribution in [0.5, 0.6) is 6.01 Å². The largest absolute Gasteiger partial charge is 0.481 e. The predicted octanol–water partition coefficient (Wildman–Crippen LogP) is 3.44. The van der Waals surface area contributed by atoms with E-state index in [0.717, 1.165) is 0 Å². The van der Waals surface area contributed by atoms with Gasteiger partial charge in [-0.2, -0.15) is 13.2 Å². The van der Waals surface area contributed by atoms with E-state index in [1.54, 1.807) is 6.07 Å². The lowest BCUT2D eigenvalue weighted by Crippen LogP contribution is -2.31. The van der Waals surface area contributed by atoms with Gasteiger partial charge in [-0.1, -0.05) is 6.07 Å². The van der Waals surface area contributed by atoms with Crippen molar-refractivity contribution in [2.45, 2.75) is 20.0 Å². The summed E-state index contributed by atoms with van der Waals surface area (Å²) in [5, 5.41) is 9.07. The van der Waals surface area contributed by atoms with Gasteiger partial charge in [0.25, 0.3) is 0 Å². The molecule has 3 aromatic rings. The number of hydrogen-bond donors (Lipinski definition) is 2. The number of halogens is 3. The second kappa shape index (κ2) is 7.49. The molecule has 0 saturated heterocycles. The van der Waals surface area contributed by atoms with Crippen molar-refractivity contribution in [3.8, 4) is 28.7 Å². The fraction of sp³-hybridized carbons (Fsp3) is 0.278. The topological polar surface area (TPSA) is 114 Å². The summed E-state index contributed by atoms with van der Waals surface area (Å²) in [5.41, 5.74) is -0.549. The molecule has 0 atom stereocenters. The molecule has 0 radical (unpaired) electrons. The Morgan fingerprint density at radius 2 is 1.69 bits per heavy atom. The van der Waals surface area contributed by atoms with Gasteiger partial charge in [-0.25, -0.2) is 15.0 Å².